The summed E-state index contributed by atoms with van der Waals surface area (Å²) >= 11 is 0. The Hall–Kier alpha value is -1.90. The Kier molecular flexibility index (Phi) is 3.51. The molecule has 0 aromatic carbocycles. The average molecular weight is 244 g/mol. The van der Waals surface area contributed by atoms with E-state index in [9.17, 15) is 17.6 Å². The largest absolute Gasteiger partial charge is 0.428 e. The van der Waals surface area contributed by atoms with E-state index in [1.807, 2.05) is 0 Å². The Balaban J connectivity index is 3.23. The fourth-order valence-electron chi connectivity index (χ4n) is 1.26. The molecule has 0 N–H and O–H groups in total. The molecule has 0 saturated carbocycles. The molecule has 0 spiro atoms. The summed E-state index contributed by atoms with van der Waals surface area (Å²) in [5.41, 5.74) is -4.27. The van der Waals surface area contributed by atoms with Crippen molar-refractivity contribution in [2.75, 3.05) is 0 Å². The second-order valence-electron chi connectivity index (χ2n) is 3.34. The Labute approximate surface area is 95.2 Å². The van der Waals surface area contributed by atoms with Gasteiger partial charge in [-0.15, -0.1) is 6.58 Å². The molecule has 0 aliphatic carbocycles. The van der Waals surface area contributed by atoms with E-state index in [0.29, 0.717) is 0 Å². The van der Waals surface area contributed by atoms with Gasteiger partial charge in [0.05, 0.1) is 11.3 Å². The fourth-order valence-corrected chi connectivity index (χ4v) is 1.26. The lowest BCUT2D eigenvalue weighted by molar-refractivity contribution is -0.236. The van der Waals surface area contributed by atoms with E-state index in [1.165, 1.54) is 0 Å². The molecule has 1 unspecified atom stereocenters. The smallest absolute Gasteiger partial charge is 0.256 e. The highest BCUT2D eigenvalue weighted by atomic mass is 19.4. The third kappa shape index (κ3) is 2.44. The van der Waals surface area contributed by atoms with Gasteiger partial charge in [0.2, 0.25) is 5.67 Å². The van der Waals surface area contributed by atoms with Crippen LogP contribution in [-0.4, -0.2) is 11.2 Å². The summed E-state index contributed by atoms with van der Waals surface area (Å²) in [5.74, 6) is 0. The van der Waals surface area contributed by atoms with Gasteiger partial charge in [0.15, 0.2) is 0 Å². The topological polar surface area (TPSA) is 36.7 Å². The second-order valence-corrected chi connectivity index (χ2v) is 3.34. The van der Waals surface area contributed by atoms with Gasteiger partial charge < -0.3 is 0 Å². The highest BCUT2D eigenvalue weighted by molar-refractivity contribution is 5.29. The third-order valence-corrected chi connectivity index (χ3v) is 2.17. The number of halogens is 4. The van der Waals surface area contributed by atoms with Gasteiger partial charge in [-0.3, -0.25) is 4.98 Å². The monoisotopic (exact) mass is 244 g/mol. The average Bonchev–Trinajstić information content (AvgIpc) is 2.28. The summed E-state index contributed by atoms with van der Waals surface area (Å²) in [6, 6.07) is 3.64. The van der Waals surface area contributed by atoms with Crippen LogP contribution in [0.5, 0.6) is 0 Å². The summed E-state index contributed by atoms with van der Waals surface area (Å²) in [6.45, 7) is 3.10. The zero-order valence-electron chi connectivity index (χ0n) is 8.63. The van der Waals surface area contributed by atoms with Gasteiger partial charge in [-0.2, -0.15) is 18.4 Å². The van der Waals surface area contributed by atoms with Gasteiger partial charge in [-0.25, -0.2) is 4.39 Å². The molecular formula is C11H8F4N2. The van der Waals surface area contributed by atoms with Crippen LogP contribution in [0.25, 0.3) is 0 Å². The molecule has 1 aromatic rings. The first-order valence-electron chi connectivity index (χ1n) is 4.58. The van der Waals surface area contributed by atoms with Crippen LogP contribution in [0, 0.1) is 11.3 Å². The van der Waals surface area contributed by atoms with Gasteiger partial charge >= 0.3 is 6.18 Å². The molecule has 0 saturated heterocycles. The number of aromatic nitrogens is 1. The Bertz CT molecular complexity index is 444. The van der Waals surface area contributed by atoms with Gasteiger partial charge in [0, 0.05) is 12.6 Å². The van der Waals surface area contributed by atoms with E-state index in [-0.39, 0.29) is 5.56 Å². The molecule has 2 nitrogen and oxygen atoms in total. The maximum Gasteiger partial charge on any atom is 0.428 e. The second kappa shape index (κ2) is 4.53. The summed E-state index contributed by atoms with van der Waals surface area (Å²) in [6.07, 6.45) is -4.26. The molecule has 6 heteroatoms. The van der Waals surface area contributed by atoms with E-state index < -0.39 is 24.0 Å². The first-order chi connectivity index (χ1) is 7.85. The number of pyridine rings is 1. The molecule has 0 aliphatic rings. The zero-order chi connectivity index (χ0) is 13.1. The van der Waals surface area contributed by atoms with E-state index in [1.54, 1.807) is 6.07 Å². The number of alkyl halides is 4. The molecule has 1 atom stereocenters. The number of hydrogen-bond acceptors (Lipinski definition) is 2. The number of nitriles is 1. The molecule has 0 aliphatic heterocycles. The molecule has 90 valence electrons. The SMILES string of the molecule is C=CCC(F)(c1ccc(C#N)cn1)C(F)(F)F. The maximum absolute atomic E-state index is 13.9. The molecule has 1 heterocycles. The number of allylic oxidation sites excluding steroid dienone is 1. The van der Waals surface area contributed by atoms with Crippen molar-refractivity contribution >= 4 is 0 Å². The molecular weight excluding hydrogens is 236 g/mol. The van der Waals surface area contributed by atoms with Gasteiger partial charge in [-0.05, 0) is 12.1 Å². The molecule has 0 radical (unpaired) electrons. The highest BCUT2D eigenvalue weighted by Crippen LogP contribution is 2.44. The molecule has 0 fully saturated rings. The van der Waals surface area contributed by atoms with E-state index >= 15 is 0 Å². The van der Waals surface area contributed by atoms with Crippen molar-refractivity contribution in [1.82, 2.24) is 4.98 Å². The summed E-state index contributed by atoms with van der Waals surface area (Å²) in [4.78, 5) is 3.34. The Morgan fingerprint density at radius 3 is 2.35 bits per heavy atom. The van der Waals surface area contributed by atoms with Crippen LogP contribution >= 0.6 is 0 Å². The standard InChI is InChI=1S/C11H8F4N2/c1-2-5-10(12,11(13,14)15)9-4-3-8(6-16)7-17-9/h2-4,7H,1,5H2. The van der Waals surface area contributed by atoms with E-state index in [2.05, 4.69) is 11.6 Å². The maximum atomic E-state index is 13.9. The Morgan fingerprint density at radius 1 is 1.35 bits per heavy atom. The molecule has 0 bridgehead atoms. The van der Waals surface area contributed by atoms with Crippen molar-refractivity contribution < 1.29 is 17.6 Å². The molecule has 17 heavy (non-hydrogen) atoms. The van der Waals surface area contributed by atoms with Crippen LogP contribution in [0.3, 0.4) is 0 Å². The normalized spacial score (nSPS) is 14.8. The van der Waals surface area contributed by atoms with Crippen molar-refractivity contribution in [2.45, 2.75) is 18.3 Å². The molecule has 1 rings (SSSR count). The first kappa shape index (κ1) is 13.2. The van der Waals surface area contributed by atoms with Crippen molar-refractivity contribution in [1.29, 1.82) is 5.26 Å². The lowest BCUT2D eigenvalue weighted by atomic mass is 9.96. The van der Waals surface area contributed by atoms with Crippen LogP contribution < -0.4 is 0 Å². The van der Waals surface area contributed by atoms with E-state index in [4.69, 9.17) is 5.26 Å². The zero-order valence-corrected chi connectivity index (χ0v) is 8.63. The summed E-state index contributed by atoms with van der Waals surface area (Å²) in [5, 5.41) is 8.47. The number of nitrogens with zero attached hydrogens (tertiary/aromatic N) is 2. The van der Waals surface area contributed by atoms with Crippen molar-refractivity contribution in [3.63, 3.8) is 0 Å². The predicted octanol–water partition coefficient (Wildman–Crippen LogP) is 3.26. The number of hydrogen-bond donors (Lipinski definition) is 0. The van der Waals surface area contributed by atoms with Crippen LogP contribution in [0.15, 0.2) is 31.0 Å². The third-order valence-electron chi connectivity index (χ3n) is 2.17. The van der Waals surface area contributed by atoms with E-state index in [0.717, 1.165) is 24.4 Å². The highest BCUT2D eigenvalue weighted by Gasteiger charge is 2.57. The van der Waals surface area contributed by atoms with Crippen molar-refractivity contribution in [2.24, 2.45) is 0 Å². The molecule has 1 aromatic heterocycles. The lowest BCUT2D eigenvalue weighted by Crippen LogP contribution is -2.38. The van der Waals surface area contributed by atoms with Crippen LogP contribution in [0.1, 0.15) is 17.7 Å². The quantitative estimate of drug-likeness (QED) is 0.604. The summed E-state index contributed by atoms with van der Waals surface area (Å²) in [7, 11) is 0. The van der Waals surface area contributed by atoms with Gasteiger partial charge in [0.25, 0.3) is 0 Å². The van der Waals surface area contributed by atoms with Gasteiger partial charge in [-0.1, -0.05) is 6.08 Å². The predicted molar refractivity (Wildman–Crippen MR) is 52.6 cm³/mol. The lowest BCUT2D eigenvalue weighted by Gasteiger charge is -2.26. The van der Waals surface area contributed by atoms with Crippen LogP contribution in [0.4, 0.5) is 17.6 Å². The summed E-state index contributed by atoms with van der Waals surface area (Å²) < 4.78 is 51.8. The van der Waals surface area contributed by atoms with Crippen LogP contribution in [0.2, 0.25) is 0 Å². The number of rotatable bonds is 3. The van der Waals surface area contributed by atoms with Crippen molar-refractivity contribution in [3.05, 3.63) is 42.2 Å². The minimum atomic E-state index is -5.08. The minimum Gasteiger partial charge on any atom is -0.256 e. The Morgan fingerprint density at radius 2 is 2.00 bits per heavy atom. The first-order valence-corrected chi connectivity index (χ1v) is 4.58. The van der Waals surface area contributed by atoms with Crippen molar-refractivity contribution in [3.8, 4) is 6.07 Å². The van der Waals surface area contributed by atoms with Gasteiger partial charge in [0.1, 0.15) is 6.07 Å². The fraction of sp³-hybridized carbons (Fsp3) is 0.273. The minimum absolute atomic E-state index is 0.0666. The van der Waals surface area contributed by atoms with Crippen LogP contribution in [-0.2, 0) is 5.67 Å². The molecule has 0 amide bonds.